The summed E-state index contributed by atoms with van der Waals surface area (Å²) >= 11 is 0. The van der Waals surface area contributed by atoms with Crippen molar-refractivity contribution in [1.29, 1.82) is 0 Å². The monoisotopic (exact) mass is 234 g/mol. The summed E-state index contributed by atoms with van der Waals surface area (Å²) in [5.41, 5.74) is 0. The Morgan fingerprint density at radius 1 is 1.53 bits per heavy atom. The molecule has 1 amide bonds. The first-order valence-corrected chi connectivity index (χ1v) is 5.32. The van der Waals surface area contributed by atoms with Gasteiger partial charge in [-0.2, -0.15) is 9.90 Å². The zero-order chi connectivity index (χ0) is 12.3. The molecule has 90 valence electrons. The average molecular weight is 234 g/mol. The van der Waals surface area contributed by atoms with E-state index in [1.54, 1.807) is 28.1 Å². The van der Waals surface area contributed by atoms with Crippen LogP contribution in [0.25, 0.3) is 0 Å². The number of carbonyl (C=O) groups excluding carboxylic acids is 1. The fourth-order valence-corrected chi connectivity index (χ4v) is 1.31. The highest BCUT2D eigenvalue weighted by molar-refractivity contribution is 5.89. The van der Waals surface area contributed by atoms with Crippen molar-refractivity contribution in [2.24, 2.45) is 0 Å². The summed E-state index contributed by atoms with van der Waals surface area (Å²) in [5.74, 6) is 0.308. The van der Waals surface area contributed by atoms with Crippen molar-refractivity contribution in [3.8, 4) is 0 Å². The van der Waals surface area contributed by atoms with Crippen LogP contribution in [0.5, 0.6) is 0 Å². The van der Waals surface area contributed by atoms with Gasteiger partial charge in [0.2, 0.25) is 5.91 Å². The van der Waals surface area contributed by atoms with E-state index in [-0.39, 0.29) is 18.5 Å². The Balaban J connectivity index is 1.93. The van der Waals surface area contributed by atoms with Crippen LogP contribution in [0, 0.1) is 0 Å². The van der Waals surface area contributed by atoms with Crippen molar-refractivity contribution in [2.75, 3.05) is 5.32 Å². The number of nitrogens with zero attached hydrogens (tertiary/aromatic N) is 5. The van der Waals surface area contributed by atoms with E-state index in [1.807, 2.05) is 13.8 Å². The van der Waals surface area contributed by atoms with Crippen LogP contribution >= 0.6 is 0 Å². The minimum Gasteiger partial charge on any atom is -0.328 e. The molecule has 0 fully saturated rings. The summed E-state index contributed by atoms with van der Waals surface area (Å²) in [5, 5.41) is 10.8. The molecular weight excluding hydrogens is 220 g/mol. The highest BCUT2D eigenvalue weighted by atomic mass is 16.2. The predicted molar refractivity (Wildman–Crippen MR) is 61.3 cm³/mol. The third kappa shape index (κ3) is 2.90. The Kier molecular flexibility index (Phi) is 3.17. The van der Waals surface area contributed by atoms with Gasteiger partial charge in [-0.05, 0) is 13.8 Å². The summed E-state index contributed by atoms with van der Waals surface area (Å²) in [6, 6.07) is 0.175. The van der Waals surface area contributed by atoms with Crippen molar-refractivity contribution in [3.05, 3.63) is 24.9 Å². The number of nitrogens with one attached hydrogen (secondary N) is 1. The van der Waals surface area contributed by atoms with Gasteiger partial charge in [0.1, 0.15) is 6.54 Å². The summed E-state index contributed by atoms with van der Waals surface area (Å²) in [4.78, 5) is 17.0. The molecule has 0 aliphatic heterocycles. The van der Waals surface area contributed by atoms with Gasteiger partial charge in [-0.1, -0.05) is 0 Å². The SMILES string of the molecule is CC(C)n1ncc(NC(=O)Cn2ccnc2)n1. The fraction of sp³-hybridized carbons (Fsp3) is 0.400. The van der Waals surface area contributed by atoms with E-state index in [9.17, 15) is 4.79 Å². The largest absolute Gasteiger partial charge is 0.328 e. The number of aromatic nitrogens is 5. The Hall–Kier alpha value is -2.18. The Morgan fingerprint density at radius 2 is 2.35 bits per heavy atom. The van der Waals surface area contributed by atoms with Crippen molar-refractivity contribution in [2.45, 2.75) is 26.4 Å². The number of imidazole rings is 1. The molecule has 0 aliphatic rings. The van der Waals surface area contributed by atoms with E-state index in [0.717, 1.165) is 0 Å². The minimum absolute atomic E-state index is 0.154. The van der Waals surface area contributed by atoms with E-state index in [0.29, 0.717) is 5.82 Å². The van der Waals surface area contributed by atoms with Gasteiger partial charge in [-0.15, -0.1) is 5.10 Å². The van der Waals surface area contributed by atoms with Crippen LogP contribution in [0.3, 0.4) is 0 Å². The molecule has 2 aromatic rings. The molecule has 0 saturated heterocycles. The van der Waals surface area contributed by atoms with Crippen molar-refractivity contribution in [1.82, 2.24) is 24.5 Å². The van der Waals surface area contributed by atoms with Gasteiger partial charge < -0.3 is 9.88 Å². The third-order valence-electron chi connectivity index (χ3n) is 2.12. The maximum Gasteiger partial charge on any atom is 0.245 e. The summed E-state index contributed by atoms with van der Waals surface area (Å²) in [7, 11) is 0. The number of amides is 1. The van der Waals surface area contributed by atoms with Crippen LogP contribution in [0.2, 0.25) is 0 Å². The average Bonchev–Trinajstić information content (AvgIpc) is 2.88. The second kappa shape index (κ2) is 4.77. The van der Waals surface area contributed by atoms with Crippen LogP contribution < -0.4 is 5.32 Å². The Bertz CT molecular complexity index is 487. The predicted octanol–water partition coefficient (Wildman–Crippen LogP) is 0.694. The molecule has 0 radical (unpaired) electrons. The smallest absolute Gasteiger partial charge is 0.245 e. The fourth-order valence-electron chi connectivity index (χ4n) is 1.31. The zero-order valence-corrected chi connectivity index (χ0v) is 9.74. The van der Waals surface area contributed by atoms with E-state index >= 15 is 0 Å². The molecule has 0 unspecified atom stereocenters. The molecule has 0 atom stereocenters. The lowest BCUT2D eigenvalue weighted by molar-refractivity contribution is -0.116. The van der Waals surface area contributed by atoms with Crippen molar-refractivity contribution in [3.63, 3.8) is 0 Å². The molecular formula is C10H14N6O. The van der Waals surface area contributed by atoms with E-state index in [4.69, 9.17) is 0 Å². The van der Waals surface area contributed by atoms with Crippen molar-refractivity contribution < 1.29 is 4.79 Å². The van der Waals surface area contributed by atoms with Crippen LogP contribution in [0.1, 0.15) is 19.9 Å². The van der Waals surface area contributed by atoms with Gasteiger partial charge in [0, 0.05) is 12.4 Å². The maximum atomic E-state index is 11.6. The normalized spacial score (nSPS) is 10.8. The molecule has 0 bridgehead atoms. The first-order valence-electron chi connectivity index (χ1n) is 5.32. The molecule has 7 nitrogen and oxygen atoms in total. The van der Waals surface area contributed by atoms with Crippen LogP contribution in [0.4, 0.5) is 5.82 Å². The van der Waals surface area contributed by atoms with Gasteiger partial charge >= 0.3 is 0 Å². The number of anilines is 1. The number of hydrogen-bond donors (Lipinski definition) is 1. The third-order valence-corrected chi connectivity index (χ3v) is 2.12. The van der Waals surface area contributed by atoms with Crippen LogP contribution in [0.15, 0.2) is 24.9 Å². The molecule has 0 spiro atoms. The Labute approximate surface area is 98.5 Å². The molecule has 2 aromatic heterocycles. The molecule has 2 heterocycles. The van der Waals surface area contributed by atoms with Gasteiger partial charge in [-0.25, -0.2) is 4.98 Å². The summed E-state index contributed by atoms with van der Waals surface area (Å²) in [6.07, 6.45) is 6.48. The summed E-state index contributed by atoms with van der Waals surface area (Å²) in [6.45, 7) is 4.16. The van der Waals surface area contributed by atoms with Crippen molar-refractivity contribution >= 4 is 11.7 Å². The highest BCUT2D eigenvalue weighted by Gasteiger charge is 2.07. The van der Waals surface area contributed by atoms with Gasteiger partial charge in [0.05, 0.1) is 18.6 Å². The Morgan fingerprint density at radius 3 is 2.94 bits per heavy atom. The number of hydrogen-bond acceptors (Lipinski definition) is 4. The van der Waals surface area contributed by atoms with E-state index in [1.165, 1.54) is 6.20 Å². The molecule has 2 rings (SSSR count). The summed E-state index contributed by atoms with van der Waals surface area (Å²) < 4.78 is 1.68. The van der Waals surface area contributed by atoms with Crippen LogP contribution in [-0.2, 0) is 11.3 Å². The molecule has 1 N–H and O–H groups in total. The minimum atomic E-state index is -0.154. The van der Waals surface area contributed by atoms with Gasteiger partial charge in [0.25, 0.3) is 0 Å². The van der Waals surface area contributed by atoms with Gasteiger partial charge in [0.15, 0.2) is 5.82 Å². The standard InChI is InChI=1S/C10H14N6O/c1-8(2)16-12-5-9(14-16)13-10(17)6-15-4-3-11-7-15/h3-5,7-8H,6H2,1-2H3,(H,13,14,17). The molecule has 0 saturated carbocycles. The quantitative estimate of drug-likeness (QED) is 0.844. The van der Waals surface area contributed by atoms with Crippen LogP contribution in [-0.4, -0.2) is 30.5 Å². The number of carbonyl (C=O) groups is 1. The highest BCUT2D eigenvalue weighted by Crippen LogP contribution is 2.04. The first kappa shape index (κ1) is 11.3. The number of rotatable bonds is 4. The lowest BCUT2D eigenvalue weighted by atomic mass is 10.4. The van der Waals surface area contributed by atoms with Gasteiger partial charge in [-0.3, -0.25) is 4.79 Å². The van der Waals surface area contributed by atoms with E-state index in [2.05, 4.69) is 20.5 Å². The zero-order valence-electron chi connectivity index (χ0n) is 9.74. The maximum absolute atomic E-state index is 11.6. The lowest BCUT2D eigenvalue weighted by Crippen LogP contribution is -2.18. The van der Waals surface area contributed by atoms with E-state index < -0.39 is 0 Å². The molecule has 17 heavy (non-hydrogen) atoms. The first-order chi connectivity index (χ1) is 8.15. The molecule has 7 heteroatoms. The topological polar surface area (TPSA) is 77.6 Å². The second-order valence-corrected chi connectivity index (χ2v) is 3.93. The molecule has 0 aliphatic carbocycles. The molecule has 0 aromatic carbocycles. The lowest BCUT2D eigenvalue weighted by Gasteiger charge is -2.03. The second-order valence-electron chi connectivity index (χ2n) is 3.93.